The van der Waals surface area contributed by atoms with E-state index in [1.54, 1.807) is 0 Å². The molecule has 0 radical (unpaired) electrons. The molecular weight excluding hydrogens is 192 g/mol. The van der Waals surface area contributed by atoms with Gasteiger partial charge in [0, 0.05) is 26.7 Å². The first kappa shape index (κ1) is 11.4. The molecule has 0 saturated heterocycles. The fourth-order valence-corrected chi connectivity index (χ4v) is 1.12. The van der Waals surface area contributed by atoms with Crippen LogP contribution in [0.25, 0.3) is 0 Å². The third kappa shape index (κ3) is 3.53. The Labute approximate surface area is 89.5 Å². The minimum atomic E-state index is -0.0577. The normalized spacial score (nSPS) is 9.87. The number of aryl methyl sites for hydroxylation is 1. The number of amides is 1. The Hall–Kier alpha value is -1.65. The Bertz CT molecular complexity index is 362. The average molecular weight is 208 g/mol. The van der Waals surface area contributed by atoms with E-state index >= 15 is 0 Å². The average Bonchev–Trinajstić information content (AvgIpc) is 2.13. The summed E-state index contributed by atoms with van der Waals surface area (Å²) in [6.45, 7) is 3.84. The lowest BCUT2D eigenvalue weighted by Gasteiger charge is -2.12. The molecule has 5 nitrogen and oxygen atoms in total. The molecule has 1 aromatic heterocycles. The quantitative estimate of drug-likeness (QED) is 0.785. The molecule has 0 aliphatic carbocycles. The van der Waals surface area contributed by atoms with E-state index in [2.05, 4.69) is 15.3 Å². The summed E-state index contributed by atoms with van der Waals surface area (Å²) >= 11 is 0. The number of anilines is 1. The van der Waals surface area contributed by atoms with Crippen molar-refractivity contribution < 1.29 is 4.79 Å². The Morgan fingerprint density at radius 3 is 2.67 bits per heavy atom. The Balaban J connectivity index is 2.84. The summed E-state index contributed by atoms with van der Waals surface area (Å²) in [5, 5.41) is 2.71. The molecular formula is C10H16N4O. The Kier molecular flexibility index (Phi) is 3.60. The highest BCUT2D eigenvalue weighted by Gasteiger charge is 2.04. The number of hydrogen-bond acceptors (Lipinski definition) is 4. The van der Waals surface area contributed by atoms with E-state index < -0.39 is 0 Å². The fourth-order valence-electron chi connectivity index (χ4n) is 1.12. The zero-order chi connectivity index (χ0) is 11.4. The fraction of sp³-hybridized carbons (Fsp3) is 0.500. The van der Waals surface area contributed by atoms with E-state index in [-0.39, 0.29) is 5.91 Å². The molecule has 0 saturated carbocycles. The molecule has 0 aliphatic rings. The van der Waals surface area contributed by atoms with Crippen LogP contribution >= 0.6 is 0 Å². The Morgan fingerprint density at radius 2 is 2.13 bits per heavy atom. The number of rotatable bonds is 3. The van der Waals surface area contributed by atoms with E-state index in [1.807, 2.05) is 32.0 Å². The highest BCUT2D eigenvalue weighted by Crippen LogP contribution is 2.06. The van der Waals surface area contributed by atoms with Crippen molar-refractivity contribution in [3.63, 3.8) is 0 Å². The molecule has 1 aromatic rings. The van der Waals surface area contributed by atoms with Gasteiger partial charge in [-0.05, 0) is 13.0 Å². The highest BCUT2D eigenvalue weighted by atomic mass is 16.1. The van der Waals surface area contributed by atoms with Crippen LogP contribution in [-0.2, 0) is 11.3 Å². The van der Waals surface area contributed by atoms with Crippen molar-refractivity contribution in [2.45, 2.75) is 20.4 Å². The number of nitrogens with zero attached hydrogens (tertiary/aromatic N) is 3. The summed E-state index contributed by atoms with van der Waals surface area (Å²) in [5.41, 5.74) is 1.72. The van der Waals surface area contributed by atoms with Gasteiger partial charge in [-0.3, -0.25) is 4.79 Å². The maximum atomic E-state index is 10.8. The van der Waals surface area contributed by atoms with Crippen molar-refractivity contribution in [1.29, 1.82) is 0 Å². The smallest absolute Gasteiger partial charge is 0.225 e. The van der Waals surface area contributed by atoms with Gasteiger partial charge in [0.1, 0.15) is 0 Å². The van der Waals surface area contributed by atoms with Gasteiger partial charge >= 0.3 is 0 Å². The molecule has 15 heavy (non-hydrogen) atoms. The van der Waals surface area contributed by atoms with Crippen molar-refractivity contribution >= 4 is 11.9 Å². The zero-order valence-electron chi connectivity index (χ0n) is 9.53. The maximum Gasteiger partial charge on any atom is 0.225 e. The molecule has 0 spiro atoms. The summed E-state index contributed by atoms with van der Waals surface area (Å²) < 4.78 is 0. The molecule has 1 rings (SSSR count). The van der Waals surface area contributed by atoms with Crippen LogP contribution in [0.3, 0.4) is 0 Å². The molecule has 0 aliphatic heterocycles. The van der Waals surface area contributed by atoms with Gasteiger partial charge < -0.3 is 10.2 Å². The van der Waals surface area contributed by atoms with Crippen molar-refractivity contribution in [3.05, 3.63) is 17.5 Å². The van der Waals surface area contributed by atoms with Crippen LogP contribution in [0.15, 0.2) is 6.07 Å². The maximum absolute atomic E-state index is 10.8. The second kappa shape index (κ2) is 4.72. The monoisotopic (exact) mass is 208 g/mol. The van der Waals surface area contributed by atoms with Crippen molar-refractivity contribution in [3.8, 4) is 0 Å². The lowest BCUT2D eigenvalue weighted by Crippen LogP contribution is -2.21. The van der Waals surface area contributed by atoms with Gasteiger partial charge in [-0.1, -0.05) is 0 Å². The topological polar surface area (TPSA) is 58.1 Å². The van der Waals surface area contributed by atoms with Gasteiger partial charge in [-0.25, -0.2) is 9.97 Å². The lowest BCUT2D eigenvalue weighted by atomic mass is 10.3. The van der Waals surface area contributed by atoms with Crippen LogP contribution in [0.5, 0.6) is 0 Å². The molecule has 0 fully saturated rings. The SMILES string of the molecule is CC(=O)NCc1cc(C)nc(N(C)C)n1. The molecule has 0 unspecified atom stereocenters. The van der Waals surface area contributed by atoms with E-state index in [1.165, 1.54) is 6.92 Å². The summed E-state index contributed by atoms with van der Waals surface area (Å²) in [7, 11) is 3.77. The number of carbonyl (C=O) groups is 1. The molecule has 5 heteroatoms. The van der Waals surface area contributed by atoms with Crippen LogP contribution in [0.1, 0.15) is 18.3 Å². The van der Waals surface area contributed by atoms with Crippen molar-refractivity contribution in [2.75, 3.05) is 19.0 Å². The van der Waals surface area contributed by atoms with Gasteiger partial charge in [0.05, 0.1) is 12.2 Å². The van der Waals surface area contributed by atoms with Crippen LogP contribution in [0.2, 0.25) is 0 Å². The van der Waals surface area contributed by atoms with Crippen LogP contribution < -0.4 is 10.2 Å². The largest absolute Gasteiger partial charge is 0.351 e. The predicted molar refractivity (Wildman–Crippen MR) is 58.6 cm³/mol. The van der Waals surface area contributed by atoms with E-state index in [0.717, 1.165) is 11.4 Å². The Morgan fingerprint density at radius 1 is 1.47 bits per heavy atom. The first-order chi connectivity index (χ1) is 6.99. The highest BCUT2D eigenvalue weighted by molar-refractivity contribution is 5.72. The number of carbonyl (C=O) groups excluding carboxylic acids is 1. The molecule has 82 valence electrons. The van der Waals surface area contributed by atoms with Gasteiger partial charge in [-0.2, -0.15) is 0 Å². The third-order valence-corrected chi connectivity index (χ3v) is 1.81. The molecule has 0 aromatic carbocycles. The minimum absolute atomic E-state index is 0.0577. The second-order valence-electron chi connectivity index (χ2n) is 3.60. The number of nitrogens with one attached hydrogen (secondary N) is 1. The van der Waals surface area contributed by atoms with Gasteiger partial charge in [0.2, 0.25) is 11.9 Å². The van der Waals surface area contributed by atoms with E-state index in [4.69, 9.17) is 0 Å². The summed E-state index contributed by atoms with van der Waals surface area (Å²) in [6.07, 6.45) is 0. The zero-order valence-corrected chi connectivity index (χ0v) is 9.53. The minimum Gasteiger partial charge on any atom is -0.351 e. The van der Waals surface area contributed by atoms with Gasteiger partial charge in [0.15, 0.2) is 0 Å². The van der Waals surface area contributed by atoms with E-state index in [9.17, 15) is 4.79 Å². The summed E-state index contributed by atoms with van der Waals surface area (Å²) in [5.74, 6) is 0.605. The molecule has 0 atom stereocenters. The van der Waals surface area contributed by atoms with Gasteiger partial charge in [-0.15, -0.1) is 0 Å². The predicted octanol–water partition coefficient (Wildman–Crippen LogP) is 0.487. The molecule has 1 heterocycles. The van der Waals surface area contributed by atoms with Crippen LogP contribution in [0.4, 0.5) is 5.95 Å². The summed E-state index contributed by atoms with van der Waals surface area (Å²) in [6, 6.07) is 1.86. The van der Waals surface area contributed by atoms with Gasteiger partial charge in [0.25, 0.3) is 0 Å². The van der Waals surface area contributed by atoms with E-state index in [0.29, 0.717) is 12.5 Å². The van der Waals surface area contributed by atoms with Crippen molar-refractivity contribution in [2.24, 2.45) is 0 Å². The first-order valence-electron chi connectivity index (χ1n) is 4.75. The molecule has 1 N–H and O–H groups in total. The van der Waals surface area contributed by atoms with Crippen LogP contribution in [0, 0.1) is 6.92 Å². The first-order valence-corrected chi connectivity index (χ1v) is 4.75. The third-order valence-electron chi connectivity index (χ3n) is 1.81. The second-order valence-corrected chi connectivity index (χ2v) is 3.60. The van der Waals surface area contributed by atoms with Crippen LogP contribution in [-0.4, -0.2) is 30.0 Å². The number of aromatic nitrogens is 2. The molecule has 0 bridgehead atoms. The van der Waals surface area contributed by atoms with Crippen molar-refractivity contribution in [1.82, 2.24) is 15.3 Å². The molecule has 1 amide bonds. The summed E-state index contributed by atoms with van der Waals surface area (Å²) in [4.78, 5) is 21.2. The lowest BCUT2D eigenvalue weighted by molar-refractivity contribution is -0.119. The number of hydrogen-bond donors (Lipinski definition) is 1. The standard InChI is InChI=1S/C10H16N4O/c1-7-5-9(6-11-8(2)15)13-10(12-7)14(3)4/h5H,6H2,1-4H3,(H,11,15).